The Morgan fingerprint density at radius 1 is 1.46 bits per heavy atom. The van der Waals surface area contributed by atoms with Gasteiger partial charge in [-0.3, -0.25) is 9.48 Å². The maximum absolute atomic E-state index is 11.0. The van der Waals surface area contributed by atoms with E-state index >= 15 is 0 Å². The first-order valence-electron chi connectivity index (χ1n) is 4.77. The molecule has 3 heteroatoms. The molecule has 0 saturated heterocycles. The molecule has 0 amide bonds. The Labute approximate surface area is 77.7 Å². The predicted octanol–water partition coefficient (Wildman–Crippen LogP) is 1.65. The van der Waals surface area contributed by atoms with E-state index in [9.17, 15) is 4.79 Å². The van der Waals surface area contributed by atoms with E-state index in [1.54, 1.807) is 0 Å². The summed E-state index contributed by atoms with van der Waals surface area (Å²) >= 11 is 0. The van der Waals surface area contributed by atoms with Crippen LogP contribution >= 0.6 is 0 Å². The fraction of sp³-hybridized carbons (Fsp3) is 0.600. The molecule has 1 aliphatic rings. The summed E-state index contributed by atoms with van der Waals surface area (Å²) < 4.78 is 1.83. The van der Waals surface area contributed by atoms with Crippen molar-refractivity contribution in [3.63, 3.8) is 0 Å². The summed E-state index contributed by atoms with van der Waals surface area (Å²) in [6.45, 7) is 0. The van der Waals surface area contributed by atoms with Gasteiger partial charge in [0.05, 0.1) is 5.69 Å². The molecule has 13 heavy (non-hydrogen) atoms. The highest BCUT2D eigenvalue weighted by molar-refractivity contribution is 5.79. The van der Waals surface area contributed by atoms with E-state index < -0.39 is 0 Å². The van der Waals surface area contributed by atoms with Gasteiger partial charge in [-0.15, -0.1) is 0 Å². The zero-order valence-electron chi connectivity index (χ0n) is 7.86. The second-order valence-corrected chi connectivity index (χ2v) is 3.73. The van der Waals surface area contributed by atoms with Crippen LogP contribution in [0.25, 0.3) is 0 Å². The van der Waals surface area contributed by atoms with Gasteiger partial charge in [-0.2, -0.15) is 5.10 Å². The van der Waals surface area contributed by atoms with Crippen LogP contribution in [0.2, 0.25) is 0 Å². The number of aromatic nitrogens is 2. The van der Waals surface area contributed by atoms with Crippen molar-refractivity contribution in [3.05, 3.63) is 18.0 Å². The molecule has 0 unspecified atom stereocenters. The number of nitrogens with zero attached hydrogens (tertiary/aromatic N) is 2. The van der Waals surface area contributed by atoms with Crippen LogP contribution in [0.1, 0.15) is 37.3 Å². The second-order valence-electron chi connectivity index (χ2n) is 3.73. The van der Waals surface area contributed by atoms with Crippen LogP contribution in [0.4, 0.5) is 0 Å². The van der Waals surface area contributed by atoms with Crippen molar-refractivity contribution >= 4 is 5.78 Å². The molecule has 1 aromatic rings. The van der Waals surface area contributed by atoms with E-state index in [-0.39, 0.29) is 0 Å². The minimum Gasteiger partial charge on any atom is -0.300 e. The van der Waals surface area contributed by atoms with Crippen molar-refractivity contribution in [3.8, 4) is 0 Å². The molecule has 0 aliphatic heterocycles. The molecule has 1 aromatic heterocycles. The maximum Gasteiger partial charge on any atom is 0.132 e. The molecule has 1 aliphatic carbocycles. The molecule has 1 saturated carbocycles. The third-order valence-corrected chi connectivity index (χ3v) is 2.70. The molecule has 1 heterocycles. The number of aryl methyl sites for hydroxylation is 1. The molecule has 0 N–H and O–H groups in total. The molecule has 0 spiro atoms. The van der Waals surface area contributed by atoms with Gasteiger partial charge in [0.25, 0.3) is 0 Å². The number of Topliss-reactive ketones (excluding diaryl/α,β-unsaturated/α-hetero) is 1. The largest absolute Gasteiger partial charge is 0.300 e. The number of rotatable bonds is 1. The van der Waals surface area contributed by atoms with Crippen LogP contribution in [0.5, 0.6) is 0 Å². The minimum absolute atomic E-state index is 0.409. The first-order chi connectivity index (χ1) is 6.25. The summed E-state index contributed by atoms with van der Waals surface area (Å²) in [6.07, 6.45) is 5.40. The lowest BCUT2D eigenvalue weighted by atomic mass is 9.86. The summed E-state index contributed by atoms with van der Waals surface area (Å²) in [6, 6.07) is 2.06. The molecule has 1 fully saturated rings. The second kappa shape index (κ2) is 3.32. The highest BCUT2D eigenvalue weighted by Crippen LogP contribution is 2.29. The molecule has 0 atom stereocenters. The van der Waals surface area contributed by atoms with E-state index in [0.29, 0.717) is 11.7 Å². The van der Waals surface area contributed by atoms with Gasteiger partial charge in [-0.25, -0.2) is 0 Å². The Balaban J connectivity index is 2.06. The van der Waals surface area contributed by atoms with Crippen molar-refractivity contribution in [2.75, 3.05) is 0 Å². The molecule has 0 aromatic carbocycles. The Kier molecular flexibility index (Phi) is 2.17. The van der Waals surface area contributed by atoms with Crippen LogP contribution < -0.4 is 0 Å². The molecule has 0 radical (unpaired) electrons. The van der Waals surface area contributed by atoms with Crippen LogP contribution in [0, 0.1) is 0 Å². The van der Waals surface area contributed by atoms with Crippen LogP contribution in [0.3, 0.4) is 0 Å². The molecular weight excluding hydrogens is 164 g/mol. The van der Waals surface area contributed by atoms with Gasteiger partial charge < -0.3 is 0 Å². The minimum atomic E-state index is 0.409. The Hall–Kier alpha value is -1.12. The van der Waals surface area contributed by atoms with Crippen LogP contribution in [0.15, 0.2) is 12.3 Å². The third kappa shape index (κ3) is 1.79. The fourth-order valence-corrected chi connectivity index (χ4v) is 1.89. The fourth-order valence-electron chi connectivity index (χ4n) is 1.89. The first-order valence-corrected chi connectivity index (χ1v) is 4.77. The summed E-state index contributed by atoms with van der Waals surface area (Å²) in [5.41, 5.74) is 1.15. The van der Waals surface area contributed by atoms with E-state index in [2.05, 4.69) is 11.2 Å². The van der Waals surface area contributed by atoms with Crippen LogP contribution in [-0.4, -0.2) is 15.6 Å². The summed E-state index contributed by atoms with van der Waals surface area (Å²) in [5.74, 6) is 0.922. The Bertz CT molecular complexity index is 306. The number of carbonyl (C=O) groups excluding carboxylic acids is 1. The number of ketones is 1. The van der Waals surface area contributed by atoms with E-state index in [4.69, 9.17) is 0 Å². The van der Waals surface area contributed by atoms with Crippen molar-refractivity contribution in [2.24, 2.45) is 7.05 Å². The van der Waals surface area contributed by atoms with Crippen molar-refractivity contribution in [1.29, 1.82) is 0 Å². The predicted molar refractivity (Wildman–Crippen MR) is 49.4 cm³/mol. The SMILES string of the molecule is Cn1ccc(C2CCC(=O)CC2)n1. The molecule has 70 valence electrons. The first kappa shape index (κ1) is 8.48. The van der Waals surface area contributed by atoms with Gasteiger partial charge in [0.2, 0.25) is 0 Å². The highest BCUT2D eigenvalue weighted by atomic mass is 16.1. The molecular formula is C10H14N2O. The molecule has 0 bridgehead atoms. The van der Waals surface area contributed by atoms with Crippen molar-refractivity contribution in [2.45, 2.75) is 31.6 Å². The maximum atomic E-state index is 11.0. The van der Waals surface area contributed by atoms with Crippen LogP contribution in [-0.2, 0) is 11.8 Å². The smallest absolute Gasteiger partial charge is 0.132 e. The number of hydrogen-bond donors (Lipinski definition) is 0. The summed E-state index contributed by atoms with van der Waals surface area (Å²) in [7, 11) is 1.93. The third-order valence-electron chi connectivity index (χ3n) is 2.70. The normalized spacial score (nSPS) is 19.3. The summed E-state index contributed by atoms with van der Waals surface area (Å²) in [4.78, 5) is 11.0. The topological polar surface area (TPSA) is 34.9 Å². The van der Waals surface area contributed by atoms with E-state index in [1.807, 2.05) is 17.9 Å². The lowest BCUT2D eigenvalue weighted by Crippen LogP contribution is -2.12. The van der Waals surface area contributed by atoms with Gasteiger partial charge in [0.1, 0.15) is 5.78 Å². The number of hydrogen-bond acceptors (Lipinski definition) is 2. The van der Waals surface area contributed by atoms with Gasteiger partial charge >= 0.3 is 0 Å². The standard InChI is InChI=1S/C10H14N2O/c1-12-7-6-10(11-12)8-2-4-9(13)5-3-8/h6-8H,2-5H2,1H3. The average Bonchev–Trinajstić information content (AvgIpc) is 2.53. The lowest BCUT2D eigenvalue weighted by molar-refractivity contribution is -0.120. The van der Waals surface area contributed by atoms with Gasteiger partial charge in [0.15, 0.2) is 0 Å². The average molecular weight is 178 g/mol. The lowest BCUT2D eigenvalue weighted by Gasteiger charge is -2.18. The molecule has 2 rings (SSSR count). The van der Waals surface area contributed by atoms with E-state index in [0.717, 1.165) is 31.4 Å². The van der Waals surface area contributed by atoms with Gasteiger partial charge in [-0.05, 0) is 18.9 Å². The molecule has 3 nitrogen and oxygen atoms in total. The van der Waals surface area contributed by atoms with Crippen molar-refractivity contribution in [1.82, 2.24) is 9.78 Å². The number of carbonyl (C=O) groups is 1. The quantitative estimate of drug-likeness (QED) is 0.655. The Morgan fingerprint density at radius 2 is 2.15 bits per heavy atom. The zero-order valence-corrected chi connectivity index (χ0v) is 7.86. The monoisotopic (exact) mass is 178 g/mol. The van der Waals surface area contributed by atoms with Gasteiger partial charge in [0, 0.05) is 32.0 Å². The van der Waals surface area contributed by atoms with Gasteiger partial charge in [-0.1, -0.05) is 0 Å². The van der Waals surface area contributed by atoms with E-state index in [1.165, 1.54) is 0 Å². The Morgan fingerprint density at radius 3 is 2.69 bits per heavy atom. The highest BCUT2D eigenvalue weighted by Gasteiger charge is 2.21. The van der Waals surface area contributed by atoms with Crippen molar-refractivity contribution < 1.29 is 4.79 Å². The zero-order chi connectivity index (χ0) is 9.26. The summed E-state index contributed by atoms with van der Waals surface area (Å²) in [5, 5.41) is 4.36.